The smallest absolute Gasteiger partial charge is 0.241 e. The highest BCUT2D eigenvalue weighted by atomic mass is 19.1. The molecule has 1 aromatic rings. The number of carbonyl (C=O) groups is 1. The van der Waals surface area contributed by atoms with Gasteiger partial charge in [0, 0.05) is 7.05 Å². The van der Waals surface area contributed by atoms with Gasteiger partial charge < -0.3 is 11.1 Å². The summed E-state index contributed by atoms with van der Waals surface area (Å²) in [5, 5.41) is 2.40. The third kappa shape index (κ3) is 2.26. The third-order valence-electron chi connectivity index (χ3n) is 1.74. The number of likely N-dealkylation sites (N-methyl/N-ethyl adjacent to an activating group) is 1. The van der Waals surface area contributed by atoms with Crippen LogP contribution >= 0.6 is 0 Å². The molecule has 0 radical (unpaired) electrons. The van der Waals surface area contributed by atoms with Gasteiger partial charge in [0.1, 0.15) is 11.9 Å². The molecule has 0 saturated carbocycles. The van der Waals surface area contributed by atoms with Gasteiger partial charge in [-0.2, -0.15) is 0 Å². The van der Waals surface area contributed by atoms with Crippen LogP contribution in [0.25, 0.3) is 0 Å². The minimum absolute atomic E-state index is 0.328. The number of benzene rings is 1. The van der Waals surface area contributed by atoms with Crippen LogP contribution in [0.2, 0.25) is 0 Å². The van der Waals surface area contributed by atoms with Crippen molar-refractivity contribution in [2.75, 3.05) is 7.05 Å². The molecule has 3 nitrogen and oxygen atoms in total. The molecule has 1 aromatic carbocycles. The predicted octanol–water partition coefficient (Wildman–Crippen LogP) is 0.571. The minimum Gasteiger partial charge on any atom is -0.358 e. The number of hydrogen-bond donors (Lipinski definition) is 2. The topological polar surface area (TPSA) is 55.1 Å². The predicted molar refractivity (Wildman–Crippen MR) is 47.4 cm³/mol. The summed E-state index contributed by atoms with van der Waals surface area (Å²) in [7, 11) is 1.49. The second kappa shape index (κ2) is 4.00. The Morgan fingerprint density at radius 3 is 2.85 bits per heavy atom. The molecule has 0 aliphatic heterocycles. The van der Waals surface area contributed by atoms with E-state index in [1.165, 1.54) is 25.2 Å². The van der Waals surface area contributed by atoms with Gasteiger partial charge in [-0.15, -0.1) is 0 Å². The van der Waals surface area contributed by atoms with E-state index in [2.05, 4.69) is 5.32 Å². The largest absolute Gasteiger partial charge is 0.358 e. The molecule has 0 heterocycles. The van der Waals surface area contributed by atoms with Crippen molar-refractivity contribution >= 4 is 5.91 Å². The molecule has 0 aliphatic rings. The average Bonchev–Trinajstić information content (AvgIpc) is 2.15. The zero-order valence-electron chi connectivity index (χ0n) is 7.25. The van der Waals surface area contributed by atoms with E-state index in [1.54, 1.807) is 6.07 Å². The van der Waals surface area contributed by atoms with Crippen molar-refractivity contribution in [2.24, 2.45) is 5.73 Å². The van der Waals surface area contributed by atoms with E-state index >= 15 is 0 Å². The van der Waals surface area contributed by atoms with E-state index < -0.39 is 11.9 Å². The van der Waals surface area contributed by atoms with Crippen molar-refractivity contribution in [1.82, 2.24) is 5.32 Å². The van der Waals surface area contributed by atoms with Crippen molar-refractivity contribution in [3.8, 4) is 0 Å². The van der Waals surface area contributed by atoms with Crippen LogP contribution in [0, 0.1) is 5.82 Å². The van der Waals surface area contributed by atoms with Gasteiger partial charge in [-0.05, 0) is 17.7 Å². The van der Waals surface area contributed by atoms with Crippen molar-refractivity contribution in [3.05, 3.63) is 35.6 Å². The Morgan fingerprint density at radius 1 is 1.62 bits per heavy atom. The molecule has 70 valence electrons. The number of carbonyl (C=O) groups excluding carboxylic acids is 1. The summed E-state index contributed by atoms with van der Waals surface area (Å²) in [6, 6.07) is 4.89. The second-order valence-corrected chi connectivity index (χ2v) is 2.65. The number of hydrogen-bond acceptors (Lipinski definition) is 2. The lowest BCUT2D eigenvalue weighted by Gasteiger charge is -2.09. The second-order valence-electron chi connectivity index (χ2n) is 2.65. The molecule has 1 amide bonds. The van der Waals surface area contributed by atoms with Gasteiger partial charge in [0.15, 0.2) is 0 Å². The summed E-state index contributed by atoms with van der Waals surface area (Å²) < 4.78 is 12.7. The van der Waals surface area contributed by atoms with Gasteiger partial charge in [0.25, 0.3) is 0 Å². The molecule has 0 fully saturated rings. The van der Waals surface area contributed by atoms with Crippen LogP contribution in [0.15, 0.2) is 24.3 Å². The van der Waals surface area contributed by atoms with Crippen LogP contribution in [0.5, 0.6) is 0 Å². The molecular formula is C9H11FN2O. The summed E-state index contributed by atoms with van der Waals surface area (Å²) in [5.41, 5.74) is 6.01. The van der Waals surface area contributed by atoms with Crippen LogP contribution in [0.1, 0.15) is 11.6 Å². The molecule has 0 saturated heterocycles. The number of amides is 1. The summed E-state index contributed by atoms with van der Waals surface area (Å²) in [4.78, 5) is 11.1. The maximum absolute atomic E-state index is 12.7. The molecule has 4 heteroatoms. The first-order valence-corrected chi connectivity index (χ1v) is 3.88. The number of rotatable bonds is 2. The highest BCUT2D eigenvalue weighted by Crippen LogP contribution is 2.11. The van der Waals surface area contributed by atoms with Crippen molar-refractivity contribution in [1.29, 1.82) is 0 Å². The maximum atomic E-state index is 12.7. The number of halogens is 1. The van der Waals surface area contributed by atoms with Crippen molar-refractivity contribution in [2.45, 2.75) is 6.04 Å². The average molecular weight is 182 g/mol. The van der Waals surface area contributed by atoms with Crippen LogP contribution < -0.4 is 11.1 Å². The molecule has 0 aliphatic carbocycles. The first kappa shape index (κ1) is 9.67. The molecular weight excluding hydrogens is 171 g/mol. The number of nitrogens with two attached hydrogens (primary N) is 1. The Bertz CT molecular complexity index is 314. The zero-order valence-corrected chi connectivity index (χ0v) is 7.25. The maximum Gasteiger partial charge on any atom is 0.241 e. The van der Waals surface area contributed by atoms with Crippen LogP contribution in [-0.4, -0.2) is 13.0 Å². The Hall–Kier alpha value is -1.42. The van der Waals surface area contributed by atoms with Gasteiger partial charge in [0.2, 0.25) is 5.91 Å². The minimum atomic E-state index is -0.805. The normalized spacial score (nSPS) is 12.2. The molecule has 13 heavy (non-hydrogen) atoms. The zero-order chi connectivity index (χ0) is 9.84. The van der Waals surface area contributed by atoms with E-state index in [1.807, 2.05) is 0 Å². The molecule has 1 rings (SSSR count). The summed E-state index contributed by atoms with van der Waals surface area (Å²) in [6.45, 7) is 0. The first-order chi connectivity index (χ1) is 6.15. The van der Waals surface area contributed by atoms with Crippen molar-refractivity contribution < 1.29 is 9.18 Å². The molecule has 0 aromatic heterocycles. The van der Waals surface area contributed by atoms with Gasteiger partial charge >= 0.3 is 0 Å². The lowest BCUT2D eigenvalue weighted by Crippen LogP contribution is -2.31. The van der Waals surface area contributed by atoms with E-state index in [0.29, 0.717) is 5.56 Å². The molecule has 1 unspecified atom stereocenters. The molecule has 1 atom stereocenters. The van der Waals surface area contributed by atoms with Gasteiger partial charge in [-0.25, -0.2) is 4.39 Å². The fraction of sp³-hybridized carbons (Fsp3) is 0.222. The van der Waals surface area contributed by atoms with Gasteiger partial charge in [0.05, 0.1) is 0 Å². The van der Waals surface area contributed by atoms with Crippen LogP contribution in [0.4, 0.5) is 4.39 Å². The first-order valence-electron chi connectivity index (χ1n) is 3.88. The fourth-order valence-electron chi connectivity index (χ4n) is 1.01. The molecule has 0 spiro atoms. The summed E-state index contributed by atoms with van der Waals surface area (Å²) in [5.74, 6) is -0.720. The van der Waals surface area contributed by atoms with Crippen molar-refractivity contribution in [3.63, 3.8) is 0 Å². The highest BCUT2D eigenvalue weighted by molar-refractivity contribution is 5.82. The number of nitrogens with one attached hydrogen (secondary N) is 1. The Morgan fingerprint density at radius 2 is 2.31 bits per heavy atom. The van der Waals surface area contributed by atoms with E-state index in [-0.39, 0.29) is 5.91 Å². The van der Waals surface area contributed by atoms with Crippen LogP contribution in [0.3, 0.4) is 0 Å². The third-order valence-corrected chi connectivity index (χ3v) is 1.74. The Balaban J connectivity index is 2.88. The Labute approximate surface area is 75.7 Å². The van der Waals surface area contributed by atoms with Gasteiger partial charge in [-0.3, -0.25) is 4.79 Å². The molecule has 0 bridgehead atoms. The summed E-state index contributed by atoms with van der Waals surface area (Å²) in [6.07, 6.45) is 0. The van der Waals surface area contributed by atoms with Crippen LogP contribution in [-0.2, 0) is 4.79 Å². The quantitative estimate of drug-likeness (QED) is 0.702. The standard InChI is InChI=1S/C9H11FN2O/c1-12-9(13)8(11)6-3-2-4-7(10)5-6/h2-5,8H,11H2,1H3,(H,12,13). The van der Waals surface area contributed by atoms with E-state index in [4.69, 9.17) is 5.73 Å². The van der Waals surface area contributed by atoms with Gasteiger partial charge in [-0.1, -0.05) is 12.1 Å². The van der Waals surface area contributed by atoms with E-state index in [0.717, 1.165) is 0 Å². The lowest BCUT2D eigenvalue weighted by atomic mass is 10.1. The lowest BCUT2D eigenvalue weighted by molar-refractivity contribution is -0.121. The summed E-state index contributed by atoms with van der Waals surface area (Å²) >= 11 is 0. The highest BCUT2D eigenvalue weighted by Gasteiger charge is 2.13. The SMILES string of the molecule is CNC(=O)C(N)c1cccc(F)c1. The van der Waals surface area contributed by atoms with E-state index in [9.17, 15) is 9.18 Å². The molecule has 3 N–H and O–H groups in total. The Kier molecular flexibility index (Phi) is 2.97. The fourth-order valence-corrected chi connectivity index (χ4v) is 1.01. The monoisotopic (exact) mass is 182 g/mol.